The zero-order valence-corrected chi connectivity index (χ0v) is 11.9. The van der Waals surface area contributed by atoms with Crippen LogP contribution in [0.5, 0.6) is 0 Å². The number of halogens is 1. The normalized spacial score (nSPS) is 12.5. The summed E-state index contributed by atoms with van der Waals surface area (Å²) in [5.41, 5.74) is 2.30. The van der Waals surface area contributed by atoms with E-state index in [9.17, 15) is 9.18 Å². The van der Waals surface area contributed by atoms with Crippen molar-refractivity contribution in [2.24, 2.45) is 0 Å². The number of aromatic nitrogens is 2. The van der Waals surface area contributed by atoms with Crippen molar-refractivity contribution in [3.63, 3.8) is 0 Å². The third-order valence-corrected chi connectivity index (χ3v) is 3.67. The Morgan fingerprint density at radius 1 is 1.14 bits per heavy atom. The SMILES string of the molecule is Cc1nc2ccccc2n1C(C)C(=O)c1ccc(F)cc1. The van der Waals surface area contributed by atoms with Gasteiger partial charge in [0.2, 0.25) is 0 Å². The fourth-order valence-electron chi connectivity index (χ4n) is 2.63. The van der Waals surface area contributed by atoms with Gasteiger partial charge in [0.05, 0.1) is 17.1 Å². The van der Waals surface area contributed by atoms with Gasteiger partial charge in [0.25, 0.3) is 0 Å². The van der Waals surface area contributed by atoms with Gasteiger partial charge in [-0.05, 0) is 50.2 Å². The summed E-state index contributed by atoms with van der Waals surface area (Å²) in [6, 6.07) is 13.0. The van der Waals surface area contributed by atoms with Crippen LogP contribution >= 0.6 is 0 Å². The fraction of sp³-hybridized carbons (Fsp3) is 0.176. The van der Waals surface area contributed by atoms with Crippen molar-refractivity contribution < 1.29 is 9.18 Å². The lowest BCUT2D eigenvalue weighted by molar-refractivity contribution is 0.0935. The second-order valence-electron chi connectivity index (χ2n) is 5.06. The fourth-order valence-corrected chi connectivity index (χ4v) is 2.63. The molecule has 0 aliphatic carbocycles. The molecule has 1 unspecified atom stereocenters. The van der Waals surface area contributed by atoms with E-state index < -0.39 is 0 Å². The summed E-state index contributed by atoms with van der Waals surface area (Å²) in [7, 11) is 0. The molecular formula is C17H15FN2O. The molecule has 21 heavy (non-hydrogen) atoms. The number of imidazole rings is 1. The van der Waals surface area contributed by atoms with E-state index in [1.54, 1.807) is 0 Å². The smallest absolute Gasteiger partial charge is 0.185 e. The van der Waals surface area contributed by atoms with Crippen LogP contribution in [0.15, 0.2) is 48.5 Å². The maximum absolute atomic E-state index is 13.0. The zero-order valence-electron chi connectivity index (χ0n) is 11.9. The molecule has 0 N–H and O–H groups in total. The van der Waals surface area contributed by atoms with Crippen molar-refractivity contribution in [2.75, 3.05) is 0 Å². The van der Waals surface area contributed by atoms with Gasteiger partial charge in [-0.2, -0.15) is 0 Å². The van der Waals surface area contributed by atoms with Gasteiger partial charge in [0.15, 0.2) is 5.78 Å². The Bertz CT molecular complexity index is 805. The summed E-state index contributed by atoms with van der Waals surface area (Å²) in [4.78, 5) is 17.1. The number of aryl methyl sites for hydroxylation is 1. The summed E-state index contributed by atoms with van der Waals surface area (Å²) in [6.07, 6.45) is 0. The molecule has 1 atom stereocenters. The first kappa shape index (κ1) is 13.5. The largest absolute Gasteiger partial charge is 0.317 e. The molecule has 0 saturated heterocycles. The number of ketones is 1. The Morgan fingerprint density at radius 3 is 2.52 bits per heavy atom. The Kier molecular flexibility index (Phi) is 3.29. The lowest BCUT2D eigenvalue weighted by Crippen LogP contribution is -2.17. The first-order chi connectivity index (χ1) is 10.1. The van der Waals surface area contributed by atoms with Crippen LogP contribution in [-0.2, 0) is 0 Å². The van der Waals surface area contributed by atoms with Gasteiger partial charge in [-0.15, -0.1) is 0 Å². The van der Waals surface area contributed by atoms with Crippen molar-refractivity contribution in [1.29, 1.82) is 0 Å². The van der Waals surface area contributed by atoms with E-state index in [1.807, 2.05) is 42.7 Å². The molecule has 1 aromatic heterocycles. The van der Waals surface area contributed by atoms with Crippen molar-refractivity contribution >= 4 is 16.8 Å². The molecule has 106 valence electrons. The molecule has 0 aliphatic heterocycles. The minimum atomic E-state index is -0.386. The van der Waals surface area contributed by atoms with Crippen molar-refractivity contribution in [3.05, 3.63) is 65.7 Å². The second-order valence-corrected chi connectivity index (χ2v) is 5.06. The number of para-hydroxylation sites is 2. The van der Waals surface area contributed by atoms with E-state index >= 15 is 0 Å². The zero-order chi connectivity index (χ0) is 15.0. The molecule has 0 bridgehead atoms. The highest BCUT2D eigenvalue weighted by Gasteiger charge is 2.20. The van der Waals surface area contributed by atoms with Gasteiger partial charge in [-0.3, -0.25) is 4.79 Å². The standard InChI is InChI=1S/C17H15FN2O/c1-11(17(21)13-7-9-14(18)10-8-13)20-12(2)19-15-5-3-4-6-16(15)20/h3-11H,1-2H3. The molecule has 0 fully saturated rings. The first-order valence-corrected chi connectivity index (χ1v) is 6.81. The number of nitrogens with zero attached hydrogens (tertiary/aromatic N) is 2. The highest BCUT2D eigenvalue weighted by Crippen LogP contribution is 2.23. The lowest BCUT2D eigenvalue weighted by Gasteiger charge is -2.15. The predicted octanol–water partition coefficient (Wildman–Crippen LogP) is 3.93. The highest BCUT2D eigenvalue weighted by molar-refractivity contribution is 5.99. The van der Waals surface area contributed by atoms with Crippen LogP contribution in [0.3, 0.4) is 0 Å². The number of benzene rings is 2. The molecular weight excluding hydrogens is 267 g/mol. The Morgan fingerprint density at radius 2 is 1.81 bits per heavy atom. The second kappa shape index (κ2) is 5.13. The molecule has 3 rings (SSSR count). The first-order valence-electron chi connectivity index (χ1n) is 6.81. The minimum absolute atomic E-state index is 0.0544. The number of Topliss-reactive ketones (excluding diaryl/α,β-unsaturated/α-hetero) is 1. The molecule has 0 spiro atoms. The van der Waals surface area contributed by atoms with Crippen LogP contribution in [0.4, 0.5) is 4.39 Å². The van der Waals surface area contributed by atoms with Crippen LogP contribution in [0.1, 0.15) is 29.1 Å². The Labute approximate surface area is 122 Å². The molecule has 0 saturated carbocycles. The number of carbonyl (C=O) groups excluding carboxylic acids is 1. The third kappa shape index (κ3) is 2.33. The lowest BCUT2D eigenvalue weighted by atomic mass is 10.0. The van der Waals surface area contributed by atoms with E-state index in [1.165, 1.54) is 24.3 Å². The van der Waals surface area contributed by atoms with E-state index in [0.717, 1.165) is 16.9 Å². The molecule has 3 aromatic rings. The van der Waals surface area contributed by atoms with E-state index in [4.69, 9.17) is 0 Å². The van der Waals surface area contributed by atoms with Crippen molar-refractivity contribution in [3.8, 4) is 0 Å². The molecule has 0 amide bonds. The molecule has 0 radical (unpaired) electrons. The number of hydrogen-bond acceptors (Lipinski definition) is 2. The molecule has 0 aliphatic rings. The summed E-state index contributed by atoms with van der Waals surface area (Å²) < 4.78 is 14.9. The van der Waals surface area contributed by atoms with Crippen molar-refractivity contribution in [1.82, 2.24) is 9.55 Å². The maximum Gasteiger partial charge on any atom is 0.185 e. The molecule has 4 heteroatoms. The average molecular weight is 282 g/mol. The molecule has 2 aromatic carbocycles. The van der Waals surface area contributed by atoms with Crippen LogP contribution in [0.2, 0.25) is 0 Å². The summed E-state index contributed by atoms with van der Waals surface area (Å²) in [6.45, 7) is 3.72. The predicted molar refractivity (Wildman–Crippen MR) is 79.9 cm³/mol. The highest BCUT2D eigenvalue weighted by atomic mass is 19.1. The quantitative estimate of drug-likeness (QED) is 0.682. The topological polar surface area (TPSA) is 34.9 Å². The Balaban J connectivity index is 2.04. The number of rotatable bonds is 3. The summed E-state index contributed by atoms with van der Waals surface area (Å²) >= 11 is 0. The van der Waals surface area contributed by atoms with E-state index in [-0.39, 0.29) is 17.6 Å². The monoisotopic (exact) mass is 282 g/mol. The molecule has 3 nitrogen and oxygen atoms in total. The van der Waals surface area contributed by atoms with E-state index in [0.29, 0.717) is 5.56 Å². The van der Waals surface area contributed by atoms with Crippen LogP contribution in [0, 0.1) is 12.7 Å². The minimum Gasteiger partial charge on any atom is -0.317 e. The van der Waals surface area contributed by atoms with Gasteiger partial charge in [-0.1, -0.05) is 12.1 Å². The van der Waals surface area contributed by atoms with Gasteiger partial charge in [0.1, 0.15) is 11.6 Å². The Hall–Kier alpha value is -2.49. The summed E-state index contributed by atoms with van der Waals surface area (Å²) in [5, 5.41) is 0. The molecule has 1 heterocycles. The number of hydrogen-bond donors (Lipinski definition) is 0. The third-order valence-electron chi connectivity index (χ3n) is 3.67. The van der Waals surface area contributed by atoms with Crippen molar-refractivity contribution in [2.45, 2.75) is 19.9 Å². The van der Waals surface area contributed by atoms with Gasteiger partial charge < -0.3 is 4.57 Å². The van der Waals surface area contributed by atoms with Crippen LogP contribution in [-0.4, -0.2) is 15.3 Å². The van der Waals surface area contributed by atoms with Crippen LogP contribution in [0.25, 0.3) is 11.0 Å². The average Bonchev–Trinajstić information content (AvgIpc) is 2.82. The number of fused-ring (bicyclic) bond motifs is 1. The summed E-state index contributed by atoms with van der Waals surface area (Å²) in [5.74, 6) is 0.392. The van der Waals surface area contributed by atoms with E-state index in [2.05, 4.69) is 4.98 Å². The maximum atomic E-state index is 13.0. The van der Waals surface area contributed by atoms with Gasteiger partial charge in [-0.25, -0.2) is 9.37 Å². The van der Waals surface area contributed by atoms with Gasteiger partial charge >= 0.3 is 0 Å². The number of carbonyl (C=O) groups is 1. The van der Waals surface area contributed by atoms with Crippen LogP contribution < -0.4 is 0 Å². The van der Waals surface area contributed by atoms with Gasteiger partial charge in [0, 0.05) is 5.56 Å².